The van der Waals surface area contributed by atoms with Gasteiger partial charge in [0.15, 0.2) is 0 Å². The summed E-state index contributed by atoms with van der Waals surface area (Å²) in [4.78, 5) is 14.5. The minimum Gasteiger partial charge on any atom is -0.348 e. The summed E-state index contributed by atoms with van der Waals surface area (Å²) in [6.07, 6.45) is 5.33. The second-order valence-corrected chi connectivity index (χ2v) is 5.09. The lowest BCUT2D eigenvalue weighted by molar-refractivity contribution is 0.0937. The Morgan fingerprint density at radius 3 is 3.00 bits per heavy atom. The molecule has 1 aromatic heterocycles. The minimum absolute atomic E-state index is 0.00102. The number of hydrogen-bond acceptors (Lipinski definition) is 3. The first-order chi connectivity index (χ1) is 8.24. The topological polar surface area (TPSA) is 61.0 Å². The van der Waals surface area contributed by atoms with Crippen molar-refractivity contribution >= 4 is 5.91 Å². The van der Waals surface area contributed by atoms with Gasteiger partial charge in [-0.25, -0.2) is 0 Å². The van der Waals surface area contributed by atoms with Gasteiger partial charge in [0.25, 0.3) is 5.91 Å². The van der Waals surface area contributed by atoms with Crippen molar-refractivity contribution in [1.82, 2.24) is 20.4 Å². The van der Waals surface area contributed by atoms with E-state index in [0.717, 1.165) is 31.2 Å². The quantitative estimate of drug-likeness (QED) is 0.808. The molecule has 2 fully saturated rings. The number of nitrogens with one attached hydrogen (secondary N) is 2. The first kappa shape index (κ1) is 10.8. The Balaban J connectivity index is 1.57. The molecule has 5 nitrogen and oxygen atoms in total. The molecular formula is C12H18N4O. The molecule has 1 amide bonds. The van der Waals surface area contributed by atoms with E-state index in [4.69, 9.17) is 0 Å². The van der Waals surface area contributed by atoms with Crippen LogP contribution in [0.5, 0.6) is 0 Å². The number of nitrogens with zero attached hydrogens (tertiary/aromatic N) is 2. The maximum Gasteiger partial charge on any atom is 0.254 e. The van der Waals surface area contributed by atoms with Crippen LogP contribution < -0.4 is 5.32 Å². The minimum atomic E-state index is -0.00102. The third-order valence-corrected chi connectivity index (χ3v) is 3.69. The van der Waals surface area contributed by atoms with E-state index in [9.17, 15) is 4.79 Å². The average molecular weight is 234 g/mol. The number of amides is 1. The molecule has 0 radical (unpaired) electrons. The number of aromatic amines is 1. The molecule has 1 saturated carbocycles. The predicted molar refractivity (Wildman–Crippen MR) is 63.8 cm³/mol. The van der Waals surface area contributed by atoms with E-state index in [-0.39, 0.29) is 5.91 Å². The number of likely N-dealkylation sites (tertiary alicyclic amines) is 1. The fraction of sp³-hybridized carbons (Fsp3) is 0.667. The molecule has 1 aliphatic heterocycles. The van der Waals surface area contributed by atoms with Crippen molar-refractivity contribution in [2.75, 3.05) is 13.1 Å². The number of H-pyrrole nitrogens is 1. The highest BCUT2D eigenvalue weighted by molar-refractivity contribution is 5.95. The van der Waals surface area contributed by atoms with E-state index in [2.05, 4.69) is 20.4 Å². The van der Waals surface area contributed by atoms with Gasteiger partial charge in [0.1, 0.15) is 0 Å². The van der Waals surface area contributed by atoms with Crippen molar-refractivity contribution in [1.29, 1.82) is 0 Å². The van der Waals surface area contributed by atoms with Gasteiger partial charge in [0, 0.05) is 30.9 Å². The standard InChI is InChI=1S/C12H18N4O/c1-8-11(6-13-15-8)12(17)14-9-4-5-16(7-9)10-2-3-10/h6,9-10H,2-5,7H2,1H3,(H,13,15)(H,14,17). The molecule has 1 aliphatic carbocycles. The number of aryl methyl sites for hydroxylation is 1. The van der Waals surface area contributed by atoms with Gasteiger partial charge in [-0.05, 0) is 26.2 Å². The molecule has 1 saturated heterocycles. The Hall–Kier alpha value is -1.36. The highest BCUT2D eigenvalue weighted by Gasteiger charge is 2.34. The van der Waals surface area contributed by atoms with Crippen LogP contribution in [0.25, 0.3) is 0 Å². The molecule has 0 spiro atoms. The van der Waals surface area contributed by atoms with Crippen LogP contribution >= 0.6 is 0 Å². The van der Waals surface area contributed by atoms with Gasteiger partial charge in [-0.1, -0.05) is 0 Å². The number of carbonyl (C=O) groups is 1. The lowest BCUT2D eigenvalue weighted by atomic mass is 10.2. The summed E-state index contributed by atoms with van der Waals surface area (Å²) >= 11 is 0. The largest absolute Gasteiger partial charge is 0.348 e. The van der Waals surface area contributed by atoms with Gasteiger partial charge >= 0.3 is 0 Å². The van der Waals surface area contributed by atoms with E-state index in [0.29, 0.717) is 11.6 Å². The lowest BCUT2D eigenvalue weighted by Crippen LogP contribution is -2.37. The van der Waals surface area contributed by atoms with Gasteiger partial charge < -0.3 is 5.32 Å². The van der Waals surface area contributed by atoms with Gasteiger partial charge in [-0.15, -0.1) is 0 Å². The zero-order valence-corrected chi connectivity index (χ0v) is 10.1. The van der Waals surface area contributed by atoms with Gasteiger partial charge in [0.05, 0.1) is 11.8 Å². The fourth-order valence-corrected chi connectivity index (χ4v) is 2.52. The second kappa shape index (κ2) is 4.14. The second-order valence-electron chi connectivity index (χ2n) is 5.09. The van der Waals surface area contributed by atoms with Crippen molar-refractivity contribution in [3.05, 3.63) is 17.5 Å². The third-order valence-electron chi connectivity index (χ3n) is 3.69. The zero-order valence-electron chi connectivity index (χ0n) is 10.1. The molecule has 1 aromatic rings. The van der Waals surface area contributed by atoms with E-state index in [1.807, 2.05) is 6.92 Å². The Kier molecular flexibility index (Phi) is 2.63. The maximum absolute atomic E-state index is 12.0. The molecule has 3 rings (SSSR count). The van der Waals surface area contributed by atoms with Gasteiger partial charge in [-0.2, -0.15) is 5.10 Å². The molecule has 1 atom stereocenters. The first-order valence-electron chi connectivity index (χ1n) is 6.29. The molecule has 92 valence electrons. The third kappa shape index (κ3) is 2.20. The summed E-state index contributed by atoms with van der Waals surface area (Å²) in [5, 5.41) is 9.76. The Labute approximate surface area is 101 Å². The van der Waals surface area contributed by atoms with Crippen LogP contribution in [0.3, 0.4) is 0 Å². The molecule has 2 N–H and O–H groups in total. The molecule has 2 aliphatic rings. The van der Waals surface area contributed by atoms with E-state index >= 15 is 0 Å². The molecule has 2 heterocycles. The zero-order chi connectivity index (χ0) is 11.8. The molecule has 0 aromatic carbocycles. The van der Waals surface area contributed by atoms with Crippen molar-refractivity contribution < 1.29 is 4.79 Å². The Morgan fingerprint density at radius 1 is 1.53 bits per heavy atom. The molecule has 5 heteroatoms. The average Bonchev–Trinajstić information content (AvgIpc) is 2.90. The Morgan fingerprint density at radius 2 is 2.35 bits per heavy atom. The monoisotopic (exact) mass is 234 g/mol. The van der Waals surface area contributed by atoms with Gasteiger partial charge in [-0.3, -0.25) is 14.8 Å². The van der Waals surface area contributed by atoms with Crippen LogP contribution in [0, 0.1) is 6.92 Å². The smallest absolute Gasteiger partial charge is 0.254 e. The summed E-state index contributed by atoms with van der Waals surface area (Å²) < 4.78 is 0. The first-order valence-corrected chi connectivity index (χ1v) is 6.29. The molecule has 0 bridgehead atoms. The van der Waals surface area contributed by atoms with Crippen LogP contribution in [0.2, 0.25) is 0 Å². The van der Waals surface area contributed by atoms with Crippen LogP contribution in [0.15, 0.2) is 6.20 Å². The summed E-state index contributed by atoms with van der Waals surface area (Å²) in [5.41, 5.74) is 1.49. The predicted octanol–water partition coefficient (Wildman–Crippen LogP) is 0.685. The lowest BCUT2D eigenvalue weighted by Gasteiger charge is -2.15. The summed E-state index contributed by atoms with van der Waals surface area (Å²) in [5.74, 6) is -0.00102. The number of rotatable bonds is 3. The van der Waals surface area contributed by atoms with Crippen molar-refractivity contribution in [2.45, 2.75) is 38.3 Å². The van der Waals surface area contributed by atoms with Crippen molar-refractivity contribution in [3.63, 3.8) is 0 Å². The van der Waals surface area contributed by atoms with Crippen molar-refractivity contribution in [2.24, 2.45) is 0 Å². The molecule has 1 unspecified atom stereocenters. The SMILES string of the molecule is Cc1[nH]ncc1C(=O)NC1CCN(C2CC2)C1. The summed E-state index contributed by atoms with van der Waals surface area (Å²) in [6, 6.07) is 1.10. The Bertz CT molecular complexity index is 424. The normalized spacial score (nSPS) is 25.1. The van der Waals surface area contributed by atoms with Crippen molar-refractivity contribution in [3.8, 4) is 0 Å². The van der Waals surface area contributed by atoms with E-state index in [1.165, 1.54) is 12.8 Å². The fourth-order valence-electron chi connectivity index (χ4n) is 2.52. The molecule has 17 heavy (non-hydrogen) atoms. The van der Waals surface area contributed by atoms with Gasteiger partial charge in [0.2, 0.25) is 0 Å². The highest BCUT2D eigenvalue weighted by atomic mass is 16.1. The number of carbonyl (C=O) groups excluding carboxylic acids is 1. The van der Waals surface area contributed by atoms with E-state index < -0.39 is 0 Å². The van der Waals surface area contributed by atoms with Crippen LogP contribution in [0.1, 0.15) is 35.3 Å². The summed E-state index contributed by atoms with van der Waals surface area (Å²) in [7, 11) is 0. The maximum atomic E-state index is 12.0. The van der Waals surface area contributed by atoms with Crippen LogP contribution in [0.4, 0.5) is 0 Å². The van der Waals surface area contributed by atoms with Crippen LogP contribution in [-0.4, -0.2) is 46.2 Å². The van der Waals surface area contributed by atoms with E-state index in [1.54, 1.807) is 6.20 Å². The summed E-state index contributed by atoms with van der Waals surface area (Å²) in [6.45, 7) is 4.00. The number of aromatic nitrogens is 2. The highest BCUT2D eigenvalue weighted by Crippen LogP contribution is 2.29. The molecular weight excluding hydrogens is 216 g/mol. The van der Waals surface area contributed by atoms with Crippen LogP contribution in [-0.2, 0) is 0 Å². The number of hydrogen-bond donors (Lipinski definition) is 2.